The van der Waals surface area contributed by atoms with Gasteiger partial charge in [-0.05, 0) is 58.2 Å². The van der Waals surface area contributed by atoms with Crippen molar-refractivity contribution < 1.29 is 29.3 Å². The Morgan fingerprint density at radius 2 is 1.27 bits per heavy atom. The number of benzene rings is 4. The van der Waals surface area contributed by atoms with Crippen molar-refractivity contribution in [2.45, 2.75) is 51.9 Å². The molecule has 0 atom stereocenters. The summed E-state index contributed by atoms with van der Waals surface area (Å²) in [6.45, 7) is 8.64. The van der Waals surface area contributed by atoms with E-state index in [0.717, 1.165) is 28.7 Å². The molecule has 6 heteroatoms. The molecule has 0 aliphatic rings. The lowest BCUT2D eigenvalue weighted by Gasteiger charge is -2.13. The highest BCUT2D eigenvalue weighted by Gasteiger charge is 2.16. The second kappa shape index (κ2) is 15.8. The number of rotatable bonds is 15. The van der Waals surface area contributed by atoms with E-state index in [1.54, 1.807) is 6.07 Å². The van der Waals surface area contributed by atoms with Gasteiger partial charge in [-0.3, -0.25) is 0 Å². The lowest BCUT2D eigenvalue weighted by atomic mass is 9.97. The number of fused-ring (bicyclic) bond motifs is 1. The minimum Gasteiger partial charge on any atom is -0.423 e. The molecular formula is C38H40O6. The molecule has 4 rings (SSSR count). The third kappa shape index (κ3) is 8.53. The molecule has 228 valence electrons. The van der Waals surface area contributed by atoms with Gasteiger partial charge in [0.05, 0.1) is 12.2 Å². The van der Waals surface area contributed by atoms with Crippen LogP contribution in [0.25, 0.3) is 33.0 Å². The van der Waals surface area contributed by atoms with Gasteiger partial charge in [-0.1, -0.05) is 106 Å². The molecule has 0 aromatic heterocycles. The Balaban J connectivity index is 1.57. The minimum atomic E-state index is -0.790. The topological polar surface area (TPSA) is 93.1 Å². The standard InChI is InChI=1S/C38H40O6/c1-4-5-6-7-8-9-28-10-12-29(13-11-28)30-14-16-31(17-15-30)32-18-19-35-33(22-32)23-34(43-37(41)26(2)20-21-39)24-36(35)44-38(42)27(3)25-40/h10-19,22-24,39-40H,2-9,20-21,25H2,1H3. The van der Waals surface area contributed by atoms with Crippen LogP contribution in [0.15, 0.2) is 103 Å². The molecule has 0 radical (unpaired) electrons. The monoisotopic (exact) mass is 592 g/mol. The summed E-state index contributed by atoms with van der Waals surface area (Å²) in [5, 5.41) is 19.7. The first kappa shape index (κ1) is 32.4. The van der Waals surface area contributed by atoms with Crippen LogP contribution in [0.2, 0.25) is 0 Å². The summed E-state index contributed by atoms with van der Waals surface area (Å²) < 4.78 is 11.0. The number of carbonyl (C=O) groups is 2. The normalized spacial score (nSPS) is 10.9. The minimum absolute atomic E-state index is 0.0774. The van der Waals surface area contributed by atoms with Gasteiger partial charge in [0, 0.05) is 30.1 Å². The number of aryl methyl sites for hydroxylation is 1. The summed E-state index contributed by atoms with van der Waals surface area (Å²) in [7, 11) is 0. The van der Waals surface area contributed by atoms with Crippen molar-refractivity contribution in [2.75, 3.05) is 13.2 Å². The summed E-state index contributed by atoms with van der Waals surface area (Å²) in [4.78, 5) is 24.9. The molecule has 0 fully saturated rings. The number of aliphatic hydroxyl groups is 2. The van der Waals surface area contributed by atoms with E-state index in [4.69, 9.17) is 14.6 Å². The van der Waals surface area contributed by atoms with Crippen LogP contribution in [0.5, 0.6) is 11.5 Å². The molecule has 0 bridgehead atoms. The molecule has 0 saturated carbocycles. The molecule has 0 aliphatic heterocycles. The summed E-state index contributed by atoms with van der Waals surface area (Å²) in [5.74, 6) is -1.18. The Hall–Kier alpha value is -4.52. The third-order valence-corrected chi connectivity index (χ3v) is 7.56. The number of unbranched alkanes of at least 4 members (excludes halogenated alkanes) is 4. The zero-order valence-corrected chi connectivity index (χ0v) is 25.3. The number of ether oxygens (including phenoxy) is 2. The SMILES string of the molecule is C=C(CCO)C(=O)Oc1cc(OC(=O)C(=C)CO)c2ccc(-c3ccc(-c4ccc(CCCCCCC)cc4)cc3)cc2c1. The van der Waals surface area contributed by atoms with Crippen LogP contribution >= 0.6 is 0 Å². The van der Waals surface area contributed by atoms with E-state index in [1.165, 1.54) is 43.7 Å². The van der Waals surface area contributed by atoms with E-state index >= 15 is 0 Å². The Kier molecular flexibility index (Phi) is 11.6. The van der Waals surface area contributed by atoms with Crippen molar-refractivity contribution in [3.05, 3.63) is 109 Å². The Morgan fingerprint density at radius 1 is 0.682 bits per heavy atom. The Labute approximate surface area is 259 Å². The quantitative estimate of drug-likeness (QED) is 0.0629. The largest absolute Gasteiger partial charge is 0.423 e. The van der Waals surface area contributed by atoms with Crippen LogP contribution in [-0.4, -0.2) is 35.4 Å². The molecule has 2 N–H and O–H groups in total. The summed E-state index contributed by atoms with van der Waals surface area (Å²) in [6, 6.07) is 25.9. The molecule has 0 saturated heterocycles. The molecule has 0 heterocycles. The molecule has 0 unspecified atom stereocenters. The summed E-state index contributed by atoms with van der Waals surface area (Å²) in [5.41, 5.74) is 5.58. The van der Waals surface area contributed by atoms with E-state index in [9.17, 15) is 14.7 Å². The Morgan fingerprint density at radius 3 is 1.91 bits per heavy atom. The average molecular weight is 593 g/mol. The third-order valence-electron chi connectivity index (χ3n) is 7.56. The lowest BCUT2D eigenvalue weighted by molar-refractivity contribution is -0.130. The van der Waals surface area contributed by atoms with Gasteiger partial charge in [0.25, 0.3) is 0 Å². The fourth-order valence-corrected chi connectivity index (χ4v) is 4.94. The van der Waals surface area contributed by atoms with Gasteiger partial charge in [-0.25, -0.2) is 9.59 Å². The van der Waals surface area contributed by atoms with Gasteiger partial charge < -0.3 is 19.7 Å². The highest BCUT2D eigenvalue weighted by Crippen LogP contribution is 2.35. The van der Waals surface area contributed by atoms with Crippen molar-refractivity contribution in [2.24, 2.45) is 0 Å². The van der Waals surface area contributed by atoms with Crippen molar-refractivity contribution >= 4 is 22.7 Å². The van der Waals surface area contributed by atoms with Gasteiger partial charge in [0.2, 0.25) is 0 Å². The average Bonchev–Trinajstić information content (AvgIpc) is 3.04. The van der Waals surface area contributed by atoms with E-state index in [0.29, 0.717) is 10.8 Å². The predicted octanol–water partition coefficient (Wildman–Crippen LogP) is 7.98. The van der Waals surface area contributed by atoms with Crippen LogP contribution < -0.4 is 9.47 Å². The molecule has 4 aromatic carbocycles. The van der Waals surface area contributed by atoms with Crippen molar-refractivity contribution in [3.63, 3.8) is 0 Å². The summed E-state index contributed by atoms with van der Waals surface area (Å²) >= 11 is 0. The van der Waals surface area contributed by atoms with Crippen LogP contribution in [0, 0.1) is 0 Å². The maximum atomic E-state index is 12.5. The van der Waals surface area contributed by atoms with Gasteiger partial charge in [0.15, 0.2) is 0 Å². The smallest absolute Gasteiger partial charge is 0.341 e. The van der Waals surface area contributed by atoms with Crippen LogP contribution in [0.4, 0.5) is 0 Å². The first-order valence-electron chi connectivity index (χ1n) is 15.1. The second-order valence-corrected chi connectivity index (χ2v) is 10.9. The molecular weight excluding hydrogens is 552 g/mol. The fraction of sp³-hybridized carbons (Fsp3) is 0.263. The number of aliphatic hydroxyl groups excluding tert-OH is 2. The van der Waals surface area contributed by atoms with Crippen molar-refractivity contribution in [3.8, 4) is 33.8 Å². The van der Waals surface area contributed by atoms with E-state index in [-0.39, 0.29) is 35.7 Å². The second-order valence-electron chi connectivity index (χ2n) is 10.9. The van der Waals surface area contributed by atoms with Crippen molar-refractivity contribution in [1.29, 1.82) is 0 Å². The molecule has 0 amide bonds. The van der Waals surface area contributed by atoms with Gasteiger partial charge in [-0.15, -0.1) is 0 Å². The lowest BCUT2D eigenvalue weighted by Crippen LogP contribution is -2.14. The van der Waals surface area contributed by atoms with Crippen LogP contribution in [0.3, 0.4) is 0 Å². The first-order valence-corrected chi connectivity index (χ1v) is 15.1. The van der Waals surface area contributed by atoms with Gasteiger partial charge >= 0.3 is 11.9 Å². The molecule has 6 nitrogen and oxygen atoms in total. The molecule has 0 spiro atoms. The predicted molar refractivity (Wildman–Crippen MR) is 176 cm³/mol. The van der Waals surface area contributed by atoms with Crippen molar-refractivity contribution in [1.82, 2.24) is 0 Å². The number of carbonyl (C=O) groups excluding carboxylic acids is 2. The molecule has 0 aliphatic carbocycles. The maximum Gasteiger partial charge on any atom is 0.341 e. The molecule has 44 heavy (non-hydrogen) atoms. The zero-order chi connectivity index (χ0) is 31.5. The maximum absolute atomic E-state index is 12.5. The number of hydrogen-bond donors (Lipinski definition) is 2. The highest BCUT2D eigenvalue weighted by molar-refractivity contribution is 5.98. The summed E-state index contributed by atoms with van der Waals surface area (Å²) in [6.07, 6.45) is 7.58. The number of hydrogen-bond acceptors (Lipinski definition) is 6. The van der Waals surface area contributed by atoms with E-state index < -0.39 is 18.5 Å². The van der Waals surface area contributed by atoms with Gasteiger partial charge in [-0.2, -0.15) is 0 Å². The molecule has 4 aromatic rings. The zero-order valence-electron chi connectivity index (χ0n) is 25.3. The highest BCUT2D eigenvalue weighted by atomic mass is 16.5. The first-order chi connectivity index (χ1) is 21.3. The number of esters is 2. The van der Waals surface area contributed by atoms with Gasteiger partial charge in [0.1, 0.15) is 11.5 Å². The van der Waals surface area contributed by atoms with Crippen LogP contribution in [-0.2, 0) is 16.0 Å². The van der Waals surface area contributed by atoms with Crippen LogP contribution in [0.1, 0.15) is 51.0 Å². The van der Waals surface area contributed by atoms with E-state index in [2.05, 4.69) is 68.6 Å². The van der Waals surface area contributed by atoms with E-state index in [1.807, 2.05) is 18.2 Å². The fourth-order valence-electron chi connectivity index (χ4n) is 4.94. The Bertz CT molecular complexity index is 1620.